The van der Waals surface area contributed by atoms with E-state index in [2.05, 4.69) is 15.1 Å². The summed E-state index contributed by atoms with van der Waals surface area (Å²) in [5, 5.41) is 2.95. The van der Waals surface area contributed by atoms with E-state index in [1.54, 1.807) is 6.92 Å². The molecule has 0 amide bonds. The lowest BCUT2D eigenvalue weighted by molar-refractivity contribution is 0.613. The van der Waals surface area contributed by atoms with Crippen LogP contribution in [0.1, 0.15) is 31.3 Å². The number of nitrogens with one attached hydrogen (secondary N) is 1. The zero-order chi connectivity index (χ0) is 12.4. The van der Waals surface area contributed by atoms with Crippen LogP contribution >= 0.6 is 0 Å². The molecule has 2 heterocycles. The topological polar surface area (TPSA) is 89.1 Å². The van der Waals surface area contributed by atoms with Crippen LogP contribution in [0.15, 0.2) is 10.9 Å². The van der Waals surface area contributed by atoms with Crippen LogP contribution < -0.4 is 11.3 Å². The van der Waals surface area contributed by atoms with Gasteiger partial charge in [-0.3, -0.25) is 9.89 Å². The maximum Gasteiger partial charge on any atom is 0.274 e. The molecule has 0 saturated heterocycles. The van der Waals surface area contributed by atoms with E-state index in [4.69, 9.17) is 5.73 Å². The van der Waals surface area contributed by atoms with Crippen LogP contribution in [-0.4, -0.2) is 25.6 Å². The summed E-state index contributed by atoms with van der Waals surface area (Å²) in [6.45, 7) is 3.76. The van der Waals surface area contributed by atoms with Gasteiger partial charge in [0.1, 0.15) is 5.82 Å². The Hall–Kier alpha value is -1.69. The number of fused-ring (bicyclic) bond motifs is 1. The fourth-order valence-electron chi connectivity index (χ4n) is 1.74. The Labute approximate surface area is 98.9 Å². The normalized spacial score (nSPS) is 13.1. The highest BCUT2D eigenvalue weighted by atomic mass is 16.1. The molecule has 0 aliphatic rings. The average molecular weight is 235 g/mol. The smallest absolute Gasteiger partial charge is 0.274 e. The highest BCUT2D eigenvalue weighted by Gasteiger charge is 2.06. The van der Waals surface area contributed by atoms with E-state index in [0.717, 1.165) is 25.1 Å². The molecule has 6 heteroatoms. The van der Waals surface area contributed by atoms with Crippen LogP contribution in [-0.2, 0) is 6.42 Å². The molecule has 0 aliphatic heterocycles. The molecule has 6 nitrogen and oxygen atoms in total. The largest absolute Gasteiger partial charge is 0.328 e. The van der Waals surface area contributed by atoms with Crippen LogP contribution in [0.4, 0.5) is 0 Å². The average Bonchev–Trinajstić information content (AvgIpc) is 2.60. The molecule has 0 fully saturated rings. The lowest BCUT2D eigenvalue weighted by atomic mass is 10.1. The lowest BCUT2D eigenvalue weighted by Crippen LogP contribution is -2.15. The number of rotatable bonds is 4. The van der Waals surface area contributed by atoms with Crippen molar-refractivity contribution in [2.24, 2.45) is 5.73 Å². The minimum absolute atomic E-state index is 0.126. The molecular weight excluding hydrogens is 218 g/mol. The van der Waals surface area contributed by atoms with Gasteiger partial charge in [-0.05, 0) is 26.7 Å². The molecule has 0 aromatic carbocycles. The molecular formula is C11H17N5O. The SMILES string of the molecule is Cc1cc(=O)n2[nH]c(CCCC(C)N)nc2n1. The van der Waals surface area contributed by atoms with Crippen LogP contribution in [0.3, 0.4) is 0 Å². The van der Waals surface area contributed by atoms with Crippen molar-refractivity contribution in [3.8, 4) is 0 Å². The number of hydrogen-bond acceptors (Lipinski definition) is 4. The van der Waals surface area contributed by atoms with Crippen LogP contribution in [0.2, 0.25) is 0 Å². The number of aryl methyl sites for hydroxylation is 2. The first-order chi connectivity index (χ1) is 8.06. The second kappa shape index (κ2) is 4.67. The molecule has 0 aliphatic carbocycles. The first kappa shape index (κ1) is 11.8. The predicted molar refractivity (Wildman–Crippen MR) is 64.9 cm³/mol. The summed E-state index contributed by atoms with van der Waals surface area (Å²) >= 11 is 0. The second-order valence-electron chi connectivity index (χ2n) is 4.41. The summed E-state index contributed by atoms with van der Waals surface area (Å²) in [5.74, 6) is 1.21. The minimum Gasteiger partial charge on any atom is -0.328 e. The Bertz CT molecular complexity index is 569. The van der Waals surface area contributed by atoms with Gasteiger partial charge in [-0.1, -0.05) is 0 Å². The second-order valence-corrected chi connectivity index (χ2v) is 4.41. The summed E-state index contributed by atoms with van der Waals surface area (Å²) in [6.07, 6.45) is 2.67. The van der Waals surface area contributed by atoms with Gasteiger partial charge >= 0.3 is 0 Å². The number of H-pyrrole nitrogens is 1. The molecule has 92 valence electrons. The van der Waals surface area contributed by atoms with Crippen molar-refractivity contribution in [2.45, 2.75) is 39.2 Å². The van der Waals surface area contributed by atoms with Crippen molar-refractivity contribution in [1.82, 2.24) is 19.6 Å². The number of hydrogen-bond donors (Lipinski definition) is 2. The Kier molecular flexibility index (Phi) is 3.23. The van der Waals surface area contributed by atoms with Crippen molar-refractivity contribution in [3.05, 3.63) is 27.9 Å². The third kappa shape index (κ3) is 2.71. The quantitative estimate of drug-likeness (QED) is 0.802. The highest BCUT2D eigenvalue weighted by Crippen LogP contribution is 2.03. The molecule has 2 rings (SSSR count). The summed E-state index contributed by atoms with van der Waals surface area (Å²) in [5.41, 5.74) is 6.23. The fourth-order valence-corrected chi connectivity index (χ4v) is 1.74. The van der Waals surface area contributed by atoms with E-state index in [1.165, 1.54) is 10.6 Å². The van der Waals surface area contributed by atoms with Gasteiger partial charge in [0.2, 0.25) is 0 Å². The van der Waals surface area contributed by atoms with Crippen molar-refractivity contribution in [1.29, 1.82) is 0 Å². The van der Waals surface area contributed by atoms with E-state index >= 15 is 0 Å². The highest BCUT2D eigenvalue weighted by molar-refractivity contribution is 5.27. The Balaban J connectivity index is 2.20. The number of aromatic nitrogens is 4. The Morgan fingerprint density at radius 2 is 2.29 bits per heavy atom. The van der Waals surface area contributed by atoms with E-state index in [-0.39, 0.29) is 11.6 Å². The zero-order valence-corrected chi connectivity index (χ0v) is 10.1. The van der Waals surface area contributed by atoms with Gasteiger partial charge < -0.3 is 5.73 Å². The third-order valence-electron chi connectivity index (χ3n) is 2.58. The summed E-state index contributed by atoms with van der Waals surface area (Å²) in [6, 6.07) is 1.68. The molecule has 0 spiro atoms. The number of nitrogens with zero attached hydrogens (tertiary/aromatic N) is 3. The maximum absolute atomic E-state index is 11.6. The summed E-state index contributed by atoms with van der Waals surface area (Å²) < 4.78 is 1.37. The van der Waals surface area contributed by atoms with E-state index < -0.39 is 0 Å². The van der Waals surface area contributed by atoms with Gasteiger partial charge in [0, 0.05) is 24.2 Å². The molecule has 2 aromatic rings. The molecule has 2 aromatic heterocycles. The van der Waals surface area contributed by atoms with Crippen molar-refractivity contribution in [3.63, 3.8) is 0 Å². The molecule has 17 heavy (non-hydrogen) atoms. The lowest BCUT2D eigenvalue weighted by Gasteiger charge is -2.01. The molecule has 1 unspecified atom stereocenters. The third-order valence-corrected chi connectivity index (χ3v) is 2.58. The first-order valence-electron chi connectivity index (χ1n) is 5.77. The molecule has 0 radical (unpaired) electrons. The monoisotopic (exact) mass is 235 g/mol. The van der Waals surface area contributed by atoms with E-state index in [0.29, 0.717) is 11.5 Å². The fraction of sp³-hybridized carbons (Fsp3) is 0.545. The van der Waals surface area contributed by atoms with E-state index in [1.807, 2.05) is 6.92 Å². The van der Waals surface area contributed by atoms with Gasteiger partial charge in [-0.2, -0.15) is 9.50 Å². The predicted octanol–water partition coefficient (Wildman–Crippen LogP) is 0.396. The van der Waals surface area contributed by atoms with Gasteiger partial charge in [-0.25, -0.2) is 4.98 Å². The Morgan fingerprint density at radius 3 is 3.00 bits per heavy atom. The van der Waals surface area contributed by atoms with Crippen molar-refractivity contribution >= 4 is 5.78 Å². The van der Waals surface area contributed by atoms with Gasteiger partial charge in [0.25, 0.3) is 11.3 Å². The van der Waals surface area contributed by atoms with E-state index in [9.17, 15) is 4.79 Å². The van der Waals surface area contributed by atoms with Gasteiger partial charge in [0.05, 0.1) is 0 Å². The molecule has 1 atom stereocenters. The van der Waals surface area contributed by atoms with Crippen molar-refractivity contribution < 1.29 is 0 Å². The van der Waals surface area contributed by atoms with Crippen molar-refractivity contribution in [2.75, 3.05) is 0 Å². The minimum atomic E-state index is -0.126. The molecule has 3 N–H and O–H groups in total. The van der Waals surface area contributed by atoms with Gasteiger partial charge in [0.15, 0.2) is 0 Å². The number of nitrogens with two attached hydrogens (primary N) is 1. The maximum atomic E-state index is 11.6. The first-order valence-corrected chi connectivity index (χ1v) is 5.77. The Morgan fingerprint density at radius 1 is 1.53 bits per heavy atom. The summed E-state index contributed by atoms with van der Waals surface area (Å²) in [7, 11) is 0. The zero-order valence-electron chi connectivity index (χ0n) is 10.1. The van der Waals surface area contributed by atoms with Crippen LogP contribution in [0, 0.1) is 6.92 Å². The van der Waals surface area contributed by atoms with Crippen LogP contribution in [0.25, 0.3) is 5.78 Å². The van der Waals surface area contributed by atoms with Gasteiger partial charge in [-0.15, -0.1) is 0 Å². The standard InChI is InChI=1S/C11H17N5O/c1-7(12)4-3-5-9-14-11-13-8(2)6-10(17)16(11)15-9/h6-7H,3-5,12H2,1-2H3,(H,13,14,15). The van der Waals surface area contributed by atoms with Crippen LogP contribution in [0.5, 0.6) is 0 Å². The number of aromatic amines is 1. The molecule has 0 saturated carbocycles. The molecule has 0 bridgehead atoms. The summed E-state index contributed by atoms with van der Waals surface area (Å²) in [4.78, 5) is 20.1.